The quantitative estimate of drug-likeness (QED) is 0.643. The van der Waals surface area contributed by atoms with E-state index in [4.69, 9.17) is 11.6 Å². The van der Waals surface area contributed by atoms with Gasteiger partial charge in [0.2, 0.25) is 0 Å². The summed E-state index contributed by atoms with van der Waals surface area (Å²) in [5.74, 6) is -0.315. The molecule has 1 aromatic rings. The van der Waals surface area contributed by atoms with Crippen molar-refractivity contribution >= 4 is 29.2 Å². The van der Waals surface area contributed by atoms with Crippen LogP contribution in [0, 0.1) is 5.82 Å². The van der Waals surface area contributed by atoms with Crippen LogP contribution in [0.25, 0.3) is 0 Å². The van der Waals surface area contributed by atoms with Crippen molar-refractivity contribution in [1.82, 2.24) is 0 Å². The van der Waals surface area contributed by atoms with E-state index in [0.29, 0.717) is 11.4 Å². The highest BCUT2D eigenvalue weighted by Crippen LogP contribution is 2.13. The van der Waals surface area contributed by atoms with Gasteiger partial charge in [-0.1, -0.05) is 23.8 Å². The number of halogens is 2. The van der Waals surface area contributed by atoms with E-state index in [9.17, 15) is 4.39 Å². The molecule has 1 aromatic carbocycles. The first-order valence-electron chi connectivity index (χ1n) is 3.11. The zero-order chi connectivity index (χ0) is 8.27. The molecule has 0 nitrogen and oxygen atoms in total. The van der Waals surface area contributed by atoms with E-state index in [0.717, 1.165) is 5.56 Å². The van der Waals surface area contributed by atoms with Crippen molar-refractivity contribution in [1.29, 1.82) is 0 Å². The second kappa shape index (κ2) is 3.79. The van der Waals surface area contributed by atoms with Crippen LogP contribution in [0.4, 0.5) is 4.39 Å². The molecule has 0 aromatic heterocycles. The molecule has 0 aliphatic rings. The molecule has 0 spiro atoms. The first-order valence-corrected chi connectivity index (χ1v) is 3.96. The molecule has 0 bridgehead atoms. The third kappa shape index (κ3) is 2.56. The summed E-state index contributed by atoms with van der Waals surface area (Å²) in [6, 6.07) is 4.40. The Kier molecular flexibility index (Phi) is 2.97. The van der Waals surface area contributed by atoms with E-state index >= 15 is 0 Å². The minimum atomic E-state index is -0.315. The summed E-state index contributed by atoms with van der Waals surface area (Å²) in [5.41, 5.74) is 0.810. The van der Waals surface area contributed by atoms with Gasteiger partial charge in [-0.15, -0.1) is 0 Å². The van der Waals surface area contributed by atoms with Crippen LogP contribution in [0.5, 0.6) is 0 Å². The van der Waals surface area contributed by atoms with Crippen LogP contribution in [0.15, 0.2) is 18.2 Å². The van der Waals surface area contributed by atoms with Gasteiger partial charge in [0.15, 0.2) is 0 Å². The van der Waals surface area contributed by atoms with Gasteiger partial charge in [-0.3, -0.25) is 0 Å². The minimum Gasteiger partial charge on any atom is -0.207 e. The zero-order valence-corrected chi connectivity index (χ0v) is 7.25. The first kappa shape index (κ1) is 8.62. The molecule has 0 saturated heterocycles. The maximum Gasteiger partial charge on any atom is 0.124 e. The molecule has 0 saturated carbocycles. The summed E-state index contributed by atoms with van der Waals surface area (Å²) >= 11 is 10.2. The summed E-state index contributed by atoms with van der Waals surface area (Å²) in [6.07, 6.45) is 0.576. The maximum absolute atomic E-state index is 12.6. The lowest BCUT2D eigenvalue weighted by Crippen LogP contribution is -1.85. The molecule has 11 heavy (non-hydrogen) atoms. The van der Waals surface area contributed by atoms with Crippen LogP contribution in [0.1, 0.15) is 5.56 Å². The van der Waals surface area contributed by atoms with Crippen LogP contribution >= 0.6 is 23.8 Å². The second-order valence-corrected chi connectivity index (χ2v) is 2.92. The SMILES string of the molecule is Fc1cc(Cl)cc(CC=S)c1. The van der Waals surface area contributed by atoms with Crippen molar-refractivity contribution in [2.45, 2.75) is 6.42 Å². The fraction of sp³-hybridized carbons (Fsp3) is 0.125. The molecular formula is C8H6ClFS. The number of rotatable bonds is 2. The third-order valence-electron chi connectivity index (χ3n) is 1.24. The molecule has 0 radical (unpaired) electrons. The van der Waals surface area contributed by atoms with E-state index in [2.05, 4.69) is 12.2 Å². The number of thiocarbonyl (C=S) groups is 1. The fourth-order valence-electron chi connectivity index (χ4n) is 0.825. The monoisotopic (exact) mass is 188 g/mol. The zero-order valence-electron chi connectivity index (χ0n) is 5.68. The van der Waals surface area contributed by atoms with E-state index < -0.39 is 0 Å². The Balaban J connectivity index is 2.98. The van der Waals surface area contributed by atoms with Gasteiger partial charge in [-0.2, -0.15) is 0 Å². The summed E-state index contributed by atoms with van der Waals surface area (Å²) in [4.78, 5) is 0. The summed E-state index contributed by atoms with van der Waals surface area (Å²) in [5, 5.41) is 1.96. The topological polar surface area (TPSA) is 0 Å². The highest BCUT2D eigenvalue weighted by atomic mass is 35.5. The van der Waals surface area contributed by atoms with Gasteiger partial charge in [0.05, 0.1) is 0 Å². The van der Waals surface area contributed by atoms with Crippen molar-refractivity contribution < 1.29 is 4.39 Å². The Hall–Kier alpha value is -0.470. The van der Waals surface area contributed by atoms with Crippen molar-refractivity contribution in [3.8, 4) is 0 Å². The van der Waals surface area contributed by atoms with E-state index in [1.807, 2.05) is 0 Å². The Bertz CT molecular complexity index is 253. The van der Waals surface area contributed by atoms with Crippen LogP contribution in [-0.4, -0.2) is 5.37 Å². The van der Waals surface area contributed by atoms with Gasteiger partial charge in [0.25, 0.3) is 0 Å². The molecule has 0 N–H and O–H groups in total. The summed E-state index contributed by atoms with van der Waals surface area (Å²) in [7, 11) is 0. The normalized spacial score (nSPS) is 9.64. The van der Waals surface area contributed by atoms with Gasteiger partial charge < -0.3 is 0 Å². The van der Waals surface area contributed by atoms with Crippen molar-refractivity contribution in [3.05, 3.63) is 34.6 Å². The van der Waals surface area contributed by atoms with Gasteiger partial charge in [-0.05, 0) is 29.1 Å². The van der Waals surface area contributed by atoms with E-state index in [-0.39, 0.29) is 5.82 Å². The lowest BCUT2D eigenvalue weighted by atomic mass is 10.2. The molecule has 0 fully saturated rings. The van der Waals surface area contributed by atoms with Crippen molar-refractivity contribution in [2.75, 3.05) is 0 Å². The molecule has 3 heteroatoms. The molecule has 0 atom stereocenters. The van der Waals surface area contributed by atoms with Crippen LogP contribution in [-0.2, 0) is 6.42 Å². The first-order chi connectivity index (χ1) is 5.22. The Labute approximate surface area is 75.0 Å². The van der Waals surface area contributed by atoms with E-state index in [1.165, 1.54) is 12.1 Å². The largest absolute Gasteiger partial charge is 0.207 e. The average molecular weight is 189 g/mol. The Morgan fingerprint density at radius 3 is 2.73 bits per heavy atom. The van der Waals surface area contributed by atoms with Gasteiger partial charge in [0, 0.05) is 11.4 Å². The standard InChI is InChI=1S/C8H6ClFS/c9-7-3-6(1-2-11)4-8(10)5-7/h2-5H,1H2. The number of hydrogen-bond acceptors (Lipinski definition) is 1. The maximum atomic E-state index is 12.6. The molecule has 58 valence electrons. The lowest BCUT2D eigenvalue weighted by molar-refractivity contribution is 0.626. The van der Waals surface area contributed by atoms with Gasteiger partial charge in [0.1, 0.15) is 5.82 Å². The highest BCUT2D eigenvalue weighted by molar-refractivity contribution is 7.78. The van der Waals surface area contributed by atoms with E-state index in [1.54, 1.807) is 11.4 Å². The summed E-state index contributed by atoms with van der Waals surface area (Å²) < 4.78 is 12.6. The van der Waals surface area contributed by atoms with Crippen molar-refractivity contribution in [2.24, 2.45) is 0 Å². The molecule has 0 aliphatic heterocycles. The third-order valence-corrected chi connectivity index (χ3v) is 1.63. The van der Waals surface area contributed by atoms with Crippen LogP contribution in [0.2, 0.25) is 5.02 Å². The number of benzene rings is 1. The molecule has 0 heterocycles. The molecule has 0 aliphatic carbocycles. The average Bonchev–Trinajstić information content (AvgIpc) is 1.85. The smallest absolute Gasteiger partial charge is 0.124 e. The minimum absolute atomic E-state index is 0.315. The second-order valence-electron chi connectivity index (χ2n) is 2.15. The van der Waals surface area contributed by atoms with Gasteiger partial charge >= 0.3 is 0 Å². The van der Waals surface area contributed by atoms with Crippen LogP contribution in [0.3, 0.4) is 0 Å². The molecule has 0 unspecified atom stereocenters. The molecular weight excluding hydrogens is 183 g/mol. The highest BCUT2D eigenvalue weighted by Gasteiger charge is 1.96. The Morgan fingerprint density at radius 1 is 1.45 bits per heavy atom. The van der Waals surface area contributed by atoms with Crippen molar-refractivity contribution in [3.63, 3.8) is 0 Å². The van der Waals surface area contributed by atoms with Gasteiger partial charge in [-0.25, -0.2) is 4.39 Å². The predicted molar refractivity (Wildman–Crippen MR) is 48.8 cm³/mol. The number of hydrogen-bond donors (Lipinski definition) is 0. The fourth-order valence-corrected chi connectivity index (χ4v) is 1.26. The Morgan fingerprint density at radius 2 is 2.18 bits per heavy atom. The predicted octanol–water partition coefficient (Wildman–Crippen LogP) is 3.02. The summed E-state index contributed by atoms with van der Waals surface area (Å²) in [6.45, 7) is 0. The van der Waals surface area contributed by atoms with Crippen LogP contribution < -0.4 is 0 Å². The molecule has 0 amide bonds. The molecule has 1 rings (SSSR count). The lowest BCUT2D eigenvalue weighted by Gasteiger charge is -1.96.